The van der Waals surface area contributed by atoms with Gasteiger partial charge in [0.15, 0.2) is 0 Å². The molecule has 0 bridgehead atoms. The Morgan fingerprint density at radius 2 is 2.06 bits per heavy atom. The van der Waals surface area contributed by atoms with E-state index in [2.05, 4.69) is 9.97 Å². The van der Waals surface area contributed by atoms with Gasteiger partial charge in [-0.25, -0.2) is 14.4 Å². The molecule has 0 unspecified atom stereocenters. The monoisotopic (exact) mass is 265 g/mol. The average Bonchev–Trinajstić information content (AvgIpc) is 2.28. The molecule has 0 radical (unpaired) electrons. The number of aromatic nitrogens is 2. The van der Waals surface area contributed by atoms with Crippen LogP contribution in [0.5, 0.6) is 0 Å². The van der Waals surface area contributed by atoms with Crippen LogP contribution in [0, 0.1) is 5.82 Å². The minimum atomic E-state index is -0.414. The van der Waals surface area contributed by atoms with Crippen LogP contribution in [-0.2, 0) is 6.42 Å². The van der Waals surface area contributed by atoms with E-state index < -0.39 is 5.82 Å². The number of benzene rings is 1. The minimum Gasteiger partial charge on any atom is -0.384 e. The highest BCUT2D eigenvalue weighted by Gasteiger charge is 2.09. The van der Waals surface area contributed by atoms with Crippen molar-refractivity contribution in [3.8, 4) is 11.3 Å². The first-order valence-electron chi connectivity index (χ1n) is 5.69. The largest absolute Gasteiger partial charge is 0.384 e. The van der Waals surface area contributed by atoms with Crippen molar-refractivity contribution < 1.29 is 4.39 Å². The molecule has 2 rings (SSSR count). The Bertz CT molecular complexity index is 572. The van der Waals surface area contributed by atoms with Gasteiger partial charge in [-0.2, -0.15) is 0 Å². The lowest BCUT2D eigenvalue weighted by Crippen LogP contribution is -2.01. The molecule has 0 fully saturated rings. The summed E-state index contributed by atoms with van der Waals surface area (Å²) in [5.74, 6) is 0.558. The molecule has 5 heteroatoms. The summed E-state index contributed by atoms with van der Waals surface area (Å²) in [6.07, 6.45) is 1.62. The van der Waals surface area contributed by atoms with Crippen LogP contribution in [0.15, 0.2) is 24.3 Å². The first-order valence-corrected chi connectivity index (χ1v) is 6.07. The number of halogens is 2. The van der Waals surface area contributed by atoms with Gasteiger partial charge in [0.2, 0.25) is 0 Å². The number of aryl methyl sites for hydroxylation is 1. The molecule has 2 aromatic rings. The molecule has 3 nitrogen and oxygen atoms in total. The molecule has 0 saturated carbocycles. The van der Waals surface area contributed by atoms with Crippen LogP contribution in [0.3, 0.4) is 0 Å². The predicted octanol–water partition coefficient (Wildman–Crippen LogP) is 3.47. The third kappa shape index (κ3) is 2.76. The number of nitrogen functional groups attached to an aromatic ring is 1. The summed E-state index contributed by atoms with van der Waals surface area (Å²) in [6, 6.07) is 6.03. The second-order valence-corrected chi connectivity index (χ2v) is 4.40. The molecular weight excluding hydrogens is 253 g/mol. The first-order chi connectivity index (χ1) is 8.60. The lowest BCUT2D eigenvalue weighted by Gasteiger charge is -2.06. The Morgan fingerprint density at radius 3 is 2.72 bits per heavy atom. The Labute approximate surface area is 110 Å². The molecule has 0 spiro atoms. The second kappa shape index (κ2) is 5.31. The standard InChI is InChI=1S/C13H13ClFN3/c1-2-3-13-17-11(7-12(16)18-13)9-5-4-8(14)6-10(9)15/h4-7H,2-3H2,1H3,(H2,16,17,18). The Kier molecular flexibility index (Phi) is 3.77. The quantitative estimate of drug-likeness (QED) is 0.924. The average molecular weight is 266 g/mol. The van der Waals surface area contributed by atoms with Crippen LogP contribution in [0.4, 0.5) is 10.2 Å². The highest BCUT2D eigenvalue weighted by atomic mass is 35.5. The predicted molar refractivity (Wildman–Crippen MR) is 70.8 cm³/mol. The van der Waals surface area contributed by atoms with Crippen LogP contribution >= 0.6 is 11.6 Å². The van der Waals surface area contributed by atoms with Gasteiger partial charge in [-0.15, -0.1) is 0 Å². The fraction of sp³-hybridized carbons (Fsp3) is 0.231. The highest BCUT2D eigenvalue weighted by Crippen LogP contribution is 2.25. The number of anilines is 1. The minimum absolute atomic E-state index is 0.345. The summed E-state index contributed by atoms with van der Waals surface area (Å²) in [7, 11) is 0. The van der Waals surface area contributed by atoms with Crippen molar-refractivity contribution in [1.82, 2.24) is 9.97 Å². The number of nitrogens with zero attached hydrogens (tertiary/aromatic N) is 2. The molecule has 0 aliphatic rings. The van der Waals surface area contributed by atoms with E-state index in [1.54, 1.807) is 18.2 Å². The van der Waals surface area contributed by atoms with Crippen molar-refractivity contribution in [1.29, 1.82) is 0 Å². The van der Waals surface area contributed by atoms with E-state index in [0.717, 1.165) is 6.42 Å². The molecular formula is C13H13ClFN3. The smallest absolute Gasteiger partial charge is 0.134 e. The van der Waals surface area contributed by atoms with Crippen molar-refractivity contribution in [2.24, 2.45) is 0 Å². The fourth-order valence-corrected chi connectivity index (χ4v) is 1.85. The summed E-state index contributed by atoms with van der Waals surface area (Å²) < 4.78 is 13.8. The van der Waals surface area contributed by atoms with Gasteiger partial charge in [-0.1, -0.05) is 18.5 Å². The molecule has 1 heterocycles. The van der Waals surface area contributed by atoms with Crippen LogP contribution < -0.4 is 5.73 Å². The number of nitrogens with two attached hydrogens (primary N) is 1. The topological polar surface area (TPSA) is 51.8 Å². The van der Waals surface area contributed by atoms with Crippen molar-refractivity contribution in [3.05, 3.63) is 40.9 Å². The van der Waals surface area contributed by atoms with Gasteiger partial charge >= 0.3 is 0 Å². The molecule has 1 aromatic carbocycles. The zero-order valence-corrected chi connectivity index (χ0v) is 10.7. The maximum atomic E-state index is 13.8. The van der Waals surface area contributed by atoms with E-state index in [1.807, 2.05) is 6.92 Å². The first kappa shape index (κ1) is 12.8. The van der Waals surface area contributed by atoms with Crippen molar-refractivity contribution >= 4 is 17.4 Å². The second-order valence-electron chi connectivity index (χ2n) is 3.97. The fourth-order valence-electron chi connectivity index (χ4n) is 1.69. The van der Waals surface area contributed by atoms with E-state index in [1.165, 1.54) is 6.07 Å². The van der Waals surface area contributed by atoms with Crippen LogP contribution in [0.2, 0.25) is 5.02 Å². The van der Waals surface area contributed by atoms with Gasteiger partial charge in [-0.05, 0) is 24.6 Å². The Morgan fingerprint density at radius 1 is 1.28 bits per heavy atom. The molecule has 0 aliphatic carbocycles. The van der Waals surface area contributed by atoms with E-state index in [4.69, 9.17) is 17.3 Å². The third-order valence-electron chi connectivity index (χ3n) is 2.47. The van der Waals surface area contributed by atoms with Gasteiger partial charge in [-0.3, -0.25) is 0 Å². The van der Waals surface area contributed by atoms with E-state index in [9.17, 15) is 4.39 Å². The molecule has 1 aromatic heterocycles. The zero-order valence-electron chi connectivity index (χ0n) is 9.95. The molecule has 0 saturated heterocycles. The maximum Gasteiger partial charge on any atom is 0.134 e. The molecule has 0 amide bonds. The van der Waals surface area contributed by atoms with Crippen molar-refractivity contribution in [2.45, 2.75) is 19.8 Å². The van der Waals surface area contributed by atoms with Crippen LogP contribution in [-0.4, -0.2) is 9.97 Å². The lowest BCUT2D eigenvalue weighted by atomic mass is 10.1. The molecule has 94 valence electrons. The van der Waals surface area contributed by atoms with E-state index in [0.29, 0.717) is 34.3 Å². The summed E-state index contributed by atoms with van der Waals surface area (Å²) in [6.45, 7) is 2.02. The molecule has 18 heavy (non-hydrogen) atoms. The van der Waals surface area contributed by atoms with Crippen LogP contribution in [0.25, 0.3) is 11.3 Å². The summed E-state index contributed by atoms with van der Waals surface area (Å²) in [5, 5.41) is 0.354. The lowest BCUT2D eigenvalue weighted by molar-refractivity contribution is 0.630. The van der Waals surface area contributed by atoms with Crippen LogP contribution in [0.1, 0.15) is 19.2 Å². The van der Waals surface area contributed by atoms with Crippen molar-refractivity contribution in [3.63, 3.8) is 0 Å². The van der Waals surface area contributed by atoms with E-state index in [-0.39, 0.29) is 0 Å². The zero-order chi connectivity index (χ0) is 13.1. The normalized spacial score (nSPS) is 10.6. The van der Waals surface area contributed by atoms with Gasteiger partial charge in [0.05, 0.1) is 5.69 Å². The van der Waals surface area contributed by atoms with Crippen molar-refractivity contribution in [2.75, 3.05) is 5.73 Å². The Balaban J connectivity index is 2.49. The summed E-state index contributed by atoms with van der Waals surface area (Å²) >= 11 is 5.72. The molecule has 0 atom stereocenters. The Hall–Kier alpha value is -1.68. The number of hydrogen-bond acceptors (Lipinski definition) is 3. The van der Waals surface area contributed by atoms with Gasteiger partial charge in [0, 0.05) is 23.1 Å². The number of rotatable bonds is 3. The number of hydrogen-bond donors (Lipinski definition) is 1. The third-order valence-corrected chi connectivity index (χ3v) is 2.71. The van der Waals surface area contributed by atoms with Gasteiger partial charge in [0.1, 0.15) is 17.5 Å². The van der Waals surface area contributed by atoms with Gasteiger partial charge in [0.25, 0.3) is 0 Å². The molecule has 0 aliphatic heterocycles. The highest BCUT2D eigenvalue weighted by molar-refractivity contribution is 6.30. The summed E-state index contributed by atoms with van der Waals surface area (Å²) in [4.78, 5) is 8.42. The van der Waals surface area contributed by atoms with E-state index >= 15 is 0 Å². The summed E-state index contributed by atoms with van der Waals surface area (Å²) in [5.41, 5.74) is 6.57. The maximum absolute atomic E-state index is 13.8. The SMILES string of the molecule is CCCc1nc(N)cc(-c2ccc(Cl)cc2F)n1. The van der Waals surface area contributed by atoms with Gasteiger partial charge < -0.3 is 5.73 Å². The molecule has 2 N–H and O–H groups in total.